The van der Waals surface area contributed by atoms with Gasteiger partial charge in [-0.2, -0.15) is 0 Å². The van der Waals surface area contributed by atoms with Crippen LogP contribution < -0.4 is 21.1 Å². The van der Waals surface area contributed by atoms with E-state index in [9.17, 15) is 4.79 Å². The molecule has 1 saturated heterocycles. The van der Waals surface area contributed by atoms with Gasteiger partial charge in [0, 0.05) is 6.04 Å². The fourth-order valence-corrected chi connectivity index (χ4v) is 2.74. The molecule has 0 aliphatic carbocycles. The number of carbonyl (C=O) groups excluding carboxylic acids is 1. The average Bonchev–Trinajstić information content (AvgIpc) is 2.90. The molecule has 4 N–H and O–H groups in total. The van der Waals surface area contributed by atoms with Crippen LogP contribution in [0.2, 0.25) is 0 Å². The highest BCUT2D eigenvalue weighted by atomic mass is 16.5. The number of rotatable bonds is 3. The van der Waals surface area contributed by atoms with Crippen molar-refractivity contribution < 1.29 is 9.53 Å². The smallest absolute Gasteiger partial charge is 0.262 e. The van der Waals surface area contributed by atoms with Crippen LogP contribution in [0.25, 0.3) is 0 Å². The number of benzene rings is 1. The number of anilines is 1. The van der Waals surface area contributed by atoms with Gasteiger partial charge in [0.15, 0.2) is 6.61 Å². The first-order valence-electron chi connectivity index (χ1n) is 6.75. The van der Waals surface area contributed by atoms with Gasteiger partial charge in [-0.05, 0) is 49.5 Å². The molecule has 1 aromatic carbocycles. The van der Waals surface area contributed by atoms with Crippen LogP contribution in [-0.2, 0) is 4.79 Å². The molecule has 0 aromatic heterocycles. The summed E-state index contributed by atoms with van der Waals surface area (Å²) in [5, 5.41) is 6.17. The van der Waals surface area contributed by atoms with Crippen molar-refractivity contribution in [2.75, 3.05) is 25.0 Å². The van der Waals surface area contributed by atoms with Crippen molar-refractivity contribution in [2.45, 2.75) is 18.9 Å². The maximum Gasteiger partial charge on any atom is 0.262 e. The van der Waals surface area contributed by atoms with E-state index >= 15 is 0 Å². The standard InChI is InChI=1S/C14H19N3O2/c15-11(5-9-3-4-16-7-9)10-1-2-13-12(6-10)17-14(18)8-19-13/h1-2,6,9,11,16H,3-5,7-8,15H2,(H,17,18). The number of fused-ring (bicyclic) bond motifs is 1. The highest BCUT2D eigenvalue weighted by Gasteiger charge is 2.21. The van der Waals surface area contributed by atoms with Crippen molar-refractivity contribution in [2.24, 2.45) is 11.7 Å². The summed E-state index contributed by atoms with van der Waals surface area (Å²) in [5.74, 6) is 1.26. The largest absolute Gasteiger partial charge is 0.482 e. The Bertz CT molecular complexity index is 484. The molecule has 5 heteroatoms. The van der Waals surface area contributed by atoms with E-state index < -0.39 is 0 Å². The summed E-state index contributed by atoms with van der Waals surface area (Å²) in [7, 11) is 0. The number of hydrogen-bond acceptors (Lipinski definition) is 4. The molecule has 0 bridgehead atoms. The zero-order chi connectivity index (χ0) is 13.2. The topological polar surface area (TPSA) is 76.4 Å². The van der Waals surface area contributed by atoms with Gasteiger partial charge in [-0.15, -0.1) is 0 Å². The normalized spacial score (nSPS) is 23.4. The lowest BCUT2D eigenvalue weighted by Gasteiger charge is -2.21. The van der Waals surface area contributed by atoms with Gasteiger partial charge in [-0.25, -0.2) is 0 Å². The Kier molecular flexibility index (Phi) is 3.40. The SMILES string of the molecule is NC(CC1CCNC1)c1ccc2c(c1)NC(=O)CO2. The van der Waals surface area contributed by atoms with Gasteiger partial charge in [0.1, 0.15) is 5.75 Å². The zero-order valence-electron chi connectivity index (χ0n) is 10.8. The summed E-state index contributed by atoms with van der Waals surface area (Å²) in [5.41, 5.74) is 8.04. The lowest BCUT2D eigenvalue weighted by Crippen LogP contribution is -2.26. The molecule has 2 atom stereocenters. The second-order valence-electron chi connectivity index (χ2n) is 5.29. The molecule has 102 valence electrons. The van der Waals surface area contributed by atoms with Crippen molar-refractivity contribution >= 4 is 11.6 Å². The van der Waals surface area contributed by atoms with Gasteiger partial charge in [0.25, 0.3) is 5.91 Å². The van der Waals surface area contributed by atoms with Gasteiger partial charge in [-0.1, -0.05) is 6.07 Å². The predicted octanol–water partition coefficient (Wildman–Crippen LogP) is 1.02. The molecular weight excluding hydrogens is 242 g/mol. The summed E-state index contributed by atoms with van der Waals surface area (Å²) in [6.45, 7) is 2.23. The minimum atomic E-state index is -0.113. The van der Waals surface area contributed by atoms with Gasteiger partial charge in [0.05, 0.1) is 5.69 Å². The molecule has 2 aliphatic heterocycles. The van der Waals surface area contributed by atoms with Crippen LogP contribution in [-0.4, -0.2) is 25.6 Å². The monoisotopic (exact) mass is 261 g/mol. The first kappa shape index (κ1) is 12.4. The van der Waals surface area contributed by atoms with Crippen molar-refractivity contribution in [3.63, 3.8) is 0 Å². The van der Waals surface area contributed by atoms with Crippen LogP contribution in [0.5, 0.6) is 5.75 Å². The van der Waals surface area contributed by atoms with Crippen LogP contribution >= 0.6 is 0 Å². The van der Waals surface area contributed by atoms with E-state index in [2.05, 4.69) is 10.6 Å². The third-order valence-electron chi connectivity index (χ3n) is 3.81. The molecule has 1 amide bonds. The van der Waals surface area contributed by atoms with E-state index in [1.165, 1.54) is 6.42 Å². The number of hydrogen-bond donors (Lipinski definition) is 3. The van der Waals surface area contributed by atoms with Crippen LogP contribution in [0.1, 0.15) is 24.4 Å². The second kappa shape index (κ2) is 5.19. The maximum absolute atomic E-state index is 11.3. The third kappa shape index (κ3) is 2.72. The minimum absolute atomic E-state index is 0.00836. The van der Waals surface area contributed by atoms with Crippen LogP contribution in [0.3, 0.4) is 0 Å². The average molecular weight is 261 g/mol. The highest BCUT2D eigenvalue weighted by Crippen LogP contribution is 2.32. The molecule has 19 heavy (non-hydrogen) atoms. The van der Waals surface area contributed by atoms with Crippen LogP contribution in [0.4, 0.5) is 5.69 Å². The lowest BCUT2D eigenvalue weighted by molar-refractivity contribution is -0.118. The zero-order valence-corrected chi connectivity index (χ0v) is 10.8. The molecular formula is C14H19N3O2. The predicted molar refractivity (Wildman–Crippen MR) is 73.1 cm³/mol. The summed E-state index contributed by atoms with van der Waals surface area (Å²) < 4.78 is 5.34. The Labute approximate surface area is 112 Å². The summed E-state index contributed by atoms with van der Waals surface area (Å²) >= 11 is 0. The van der Waals surface area contributed by atoms with Crippen LogP contribution in [0.15, 0.2) is 18.2 Å². The van der Waals surface area contributed by atoms with E-state index in [0.29, 0.717) is 5.92 Å². The van der Waals surface area contributed by atoms with Crippen molar-refractivity contribution in [3.05, 3.63) is 23.8 Å². The number of nitrogens with one attached hydrogen (secondary N) is 2. The van der Waals surface area contributed by atoms with Crippen molar-refractivity contribution in [1.29, 1.82) is 0 Å². The first-order valence-corrected chi connectivity index (χ1v) is 6.75. The summed E-state index contributed by atoms with van der Waals surface area (Å²) in [6, 6.07) is 5.81. The Morgan fingerprint density at radius 3 is 3.16 bits per heavy atom. The second-order valence-corrected chi connectivity index (χ2v) is 5.29. The van der Waals surface area contributed by atoms with Gasteiger partial charge in [0.2, 0.25) is 0 Å². The van der Waals surface area contributed by atoms with Gasteiger partial charge < -0.3 is 21.1 Å². The van der Waals surface area contributed by atoms with E-state index in [4.69, 9.17) is 10.5 Å². The molecule has 2 aliphatic rings. The van der Waals surface area contributed by atoms with E-state index in [1.807, 2.05) is 18.2 Å². The fourth-order valence-electron chi connectivity index (χ4n) is 2.74. The van der Waals surface area contributed by atoms with E-state index in [0.717, 1.165) is 36.5 Å². The molecule has 1 aromatic rings. The molecule has 2 unspecified atom stereocenters. The summed E-state index contributed by atoms with van der Waals surface area (Å²) in [6.07, 6.45) is 2.17. The lowest BCUT2D eigenvalue weighted by atomic mass is 9.94. The van der Waals surface area contributed by atoms with Crippen molar-refractivity contribution in [3.8, 4) is 5.75 Å². The van der Waals surface area contributed by atoms with Crippen LogP contribution in [0, 0.1) is 5.92 Å². The molecule has 1 fully saturated rings. The highest BCUT2D eigenvalue weighted by molar-refractivity contribution is 5.95. The van der Waals surface area contributed by atoms with Gasteiger partial charge >= 0.3 is 0 Å². The molecule has 2 heterocycles. The molecule has 0 saturated carbocycles. The Morgan fingerprint density at radius 1 is 1.47 bits per heavy atom. The Balaban J connectivity index is 1.73. The Morgan fingerprint density at radius 2 is 2.37 bits per heavy atom. The van der Waals surface area contributed by atoms with E-state index in [-0.39, 0.29) is 18.6 Å². The maximum atomic E-state index is 11.3. The summed E-state index contributed by atoms with van der Waals surface area (Å²) in [4.78, 5) is 11.3. The number of amides is 1. The molecule has 0 radical (unpaired) electrons. The number of nitrogens with two attached hydrogens (primary N) is 1. The minimum Gasteiger partial charge on any atom is -0.482 e. The first-order chi connectivity index (χ1) is 9.22. The number of carbonyl (C=O) groups is 1. The third-order valence-corrected chi connectivity index (χ3v) is 3.81. The fraction of sp³-hybridized carbons (Fsp3) is 0.500. The molecule has 5 nitrogen and oxygen atoms in total. The van der Waals surface area contributed by atoms with E-state index in [1.54, 1.807) is 0 Å². The van der Waals surface area contributed by atoms with Gasteiger partial charge in [-0.3, -0.25) is 4.79 Å². The quantitative estimate of drug-likeness (QED) is 0.759. The number of ether oxygens (including phenoxy) is 1. The van der Waals surface area contributed by atoms with Crippen molar-refractivity contribution in [1.82, 2.24) is 5.32 Å². The Hall–Kier alpha value is -1.59. The molecule has 3 rings (SSSR count). The molecule has 0 spiro atoms.